The number of H-pyrrole nitrogens is 1. The van der Waals surface area contributed by atoms with Crippen LogP contribution in [0.2, 0.25) is 0 Å². The van der Waals surface area contributed by atoms with Crippen LogP contribution in [0.1, 0.15) is 22.9 Å². The molecule has 1 fully saturated rings. The van der Waals surface area contributed by atoms with E-state index in [2.05, 4.69) is 29.2 Å². The Morgan fingerprint density at radius 3 is 2.42 bits per heavy atom. The number of hydrogen-bond donors (Lipinski definition) is 1. The molecular formula is C25H18FN3OS. The molecule has 3 heterocycles. The number of rotatable bonds is 2. The second kappa shape index (κ2) is 6.75. The van der Waals surface area contributed by atoms with Crippen LogP contribution in [0.5, 0.6) is 0 Å². The van der Waals surface area contributed by atoms with Crippen molar-refractivity contribution in [1.29, 1.82) is 0 Å². The highest BCUT2D eigenvalue weighted by atomic mass is 32.1. The fourth-order valence-electron chi connectivity index (χ4n) is 4.88. The lowest BCUT2D eigenvalue weighted by Crippen LogP contribution is -2.44. The molecule has 6 heteroatoms. The average Bonchev–Trinajstić information content (AvgIpc) is 3.29. The highest BCUT2D eigenvalue weighted by Crippen LogP contribution is 2.44. The summed E-state index contributed by atoms with van der Waals surface area (Å²) in [6.07, 6.45) is 0.569. The first-order valence-corrected chi connectivity index (χ1v) is 10.6. The van der Waals surface area contributed by atoms with Gasteiger partial charge in [0.15, 0.2) is 5.11 Å². The molecule has 2 atom stereocenters. The normalized spacial score (nSPS) is 20.3. The van der Waals surface area contributed by atoms with Gasteiger partial charge in [-0.25, -0.2) is 4.39 Å². The van der Waals surface area contributed by atoms with Gasteiger partial charge >= 0.3 is 0 Å². The second-order valence-corrected chi connectivity index (χ2v) is 8.30. The minimum atomic E-state index is -0.408. The number of amides is 1. The minimum absolute atomic E-state index is 0.0755. The van der Waals surface area contributed by atoms with Crippen molar-refractivity contribution in [2.75, 3.05) is 4.90 Å². The molecule has 1 saturated heterocycles. The summed E-state index contributed by atoms with van der Waals surface area (Å²) in [5.74, 6) is -0.420. The van der Waals surface area contributed by atoms with Gasteiger partial charge in [0, 0.05) is 23.0 Å². The molecule has 0 spiro atoms. The first-order valence-electron chi connectivity index (χ1n) is 10.2. The summed E-state index contributed by atoms with van der Waals surface area (Å²) in [5.41, 5.74) is 4.94. The molecule has 0 unspecified atom stereocenters. The molecule has 1 aromatic heterocycles. The highest BCUT2D eigenvalue weighted by molar-refractivity contribution is 7.80. The van der Waals surface area contributed by atoms with Gasteiger partial charge in [0.1, 0.15) is 11.9 Å². The van der Waals surface area contributed by atoms with Gasteiger partial charge in [0.2, 0.25) is 0 Å². The Morgan fingerprint density at radius 2 is 1.65 bits per heavy atom. The predicted molar refractivity (Wildman–Crippen MR) is 122 cm³/mol. The third-order valence-electron chi connectivity index (χ3n) is 6.25. The van der Waals surface area contributed by atoms with E-state index in [4.69, 9.17) is 12.2 Å². The summed E-state index contributed by atoms with van der Waals surface area (Å²) >= 11 is 5.84. The van der Waals surface area contributed by atoms with Gasteiger partial charge in [-0.15, -0.1) is 0 Å². The van der Waals surface area contributed by atoms with E-state index < -0.39 is 6.04 Å². The monoisotopic (exact) mass is 427 g/mol. The highest BCUT2D eigenvalue weighted by Gasteiger charge is 2.50. The van der Waals surface area contributed by atoms with Gasteiger partial charge in [0.25, 0.3) is 5.91 Å². The minimum Gasteiger partial charge on any atom is -0.356 e. The van der Waals surface area contributed by atoms with Crippen LogP contribution in [0.15, 0.2) is 78.9 Å². The second-order valence-electron chi connectivity index (χ2n) is 7.94. The topological polar surface area (TPSA) is 39.3 Å². The van der Waals surface area contributed by atoms with E-state index in [0.29, 0.717) is 17.2 Å². The largest absolute Gasteiger partial charge is 0.356 e. The Labute approximate surface area is 183 Å². The zero-order chi connectivity index (χ0) is 21.1. The molecule has 2 aliphatic rings. The molecule has 0 aliphatic carbocycles. The molecule has 6 rings (SSSR count). The van der Waals surface area contributed by atoms with E-state index in [-0.39, 0.29) is 17.8 Å². The fourth-order valence-corrected chi connectivity index (χ4v) is 5.31. The molecule has 0 saturated carbocycles. The number of halogens is 1. The van der Waals surface area contributed by atoms with Crippen molar-refractivity contribution in [2.24, 2.45) is 0 Å². The maximum Gasteiger partial charge on any atom is 0.256 e. The molecule has 4 nitrogen and oxygen atoms in total. The first kappa shape index (κ1) is 18.3. The maximum absolute atomic E-state index is 13.6. The number of thiocarbonyl (C=S) groups is 1. The van der Waals surface area contributed by atoms with Gasteiger partial charge in [0.05, 0.1) is 11.7 Å². The van der Waals surface area contributed by atoms with Crippen molar-refractivity contribution in [3.8, 4) is 0 Å². The first-order chi connectivity index (χ1) is 15.1. The van der Waals surface area contributed by atoms with E-state index in [1.54, 1.807) is 17.0 Å². The number of para-hydroxylation sites is 1. The zero-order valence-corrected chi connectivity index (χ0v) is 17.3. The van der Waals surface area contributed by atoms with Crippen LogP contribution in [-0.2, 0) is 11.2 Å². The molecule has 0 bridgehead atoms. The van der Waals surface area contributed by atoms with Gasteiger partial charge in [-0.1, -0.05) is 48.5 Å². The quantitative estimate of drug-likeness (QED) is 0.460. The van der Waals surface area contributed by atoms with E-state index >= 15 is 0 Å². The smallest absolute Gasteiger partial charge is 0.256 e. The van der Waals surface area contributed by atoms with E-state index in [9.17, 15) is 9.18 Å². The van der Waals surface area contributed by atoms with Crippen molar-refractivity contribution in [3.63, 3.8) is 0 Å². The molecule has 0 radical (unpaired) electrons. The summed E-state index contributed by atoms with van der Waals surface area (Å²) in [6.45, 7) is 0. The van der Waals surface area contributed by atoms with Crippen LogP contribution in [0.3, 0.4) is 0 Å². The summed E-state index contributed by atoms with van der Waals surface area (Å²) in [5, 5.41) is 1.58. The van der Waals surface area contributed by atoms with Gasteiger partial charge < -0.3 is 9.88 Å². The Balaban J connectivity index is 1.54. The number of anilines is 1. The number of fused-ring (bicyclic) bond motifs is 4. The SMILES string of the molecule is O=C1[C@H]2Cc3c([nH]c4ccccc34)[C@@H](c3ccccc3)N2C(=S)N1c1ccc(F)cc1. The van der Waals surface area contributed by atoms with Crippen molar-refractivity contribution in [2.45, 2.75) is 18.5 Å². The Kier molecular flexibility index (Phi) is 3.98. The predicted octanol–water partition coefficient (Wildman–Crippen LogP) is 4.95. The van der Waals surface area contributed by atoms with Crippen LogP contribution in [0, 0.1) is 5.82 Å². The molecule has 3 aromatic carbocycles. The van der Waals surface area contributed by atoms with Crippen LogP contribution in [0.25, 0.3) is 10.9 Å². The number of carbonyl (C=O) groups is 1. The molecule has 1 N–H and O–H groups in total. The Morgan fingerprint density at radius 1 is 0.935 bits per heavy atom. The Bertz CT molecular complexity index is 1330. The molecule has 1 amide bonds. The van der Waals surface area contributed by atoms with Crippen molar-refractivity contribution in [1.82, 2.24) is 9.88 Å². The Hall–Kier alpha value is -3.51. The molecule has 4 aromatic rings. The van der Waals surface area contributed by atoms with Gasteiger partial charge in [-0.2, -0.15) is 0 Å². The fraction of sp³-hybridized carbons (Fsp3) is 0.120. The lowest BCUT2D eigenvalue weighted by atomic mass is 9.89. The average molecular weight is 428 g/mol. The number of nitrogens with zero attached hydrogens (tertiary/aromatic N) is 2. The molecule has 2 aliphatic heterocycles. The number of hydrogen-bond acceptors (Lipinski definition) is 2. The number of aromatic amines is 1. The summed E-state index contributed by atoms with van der Waals surface area (Å²) < 4.78 is 13.5. The number of nitrogens with one attached hydrogen (secondary N) is 1. The summed E-state index contributed by atoms with van der Waals surface area (Å²) in [4.78, 5) is 20.7. The van der Waals surface area contributed by atoms with Crippen LogP contribution >= 0.6 is 12.2 Å². The lowest BCUT2D eigenvalue weighted by molar-refractivity contribution is -0.120. The summed E-state index contributed by atoms with van der Waals surface area (Å²) in [7, 11) is 0. The number of carbonyl (C=O) groups excluding carboxylic acids is 1. The third kappa shape index (κ3) is 2.65. The van der Waals surface area contributed by atoms with Gasteiger partial charge in [-0.05, 0) is 53.7 Å². The van der Waals surface area contributed by atoms with Crippen molar-refractivity contribution < 1.29 is 9.18 Å². The van der Waals surface area contributed by atoms with E-state index in [0.717, 1.165) is 27.7 Å². The van der Waals surface area contributed by atoms with Crippen molar-refractivity contribution >= 4 is 39.8 Å². The third-order valence-corrected chi connectivity index (χ3v) is 6.64. The van der Waals surface area contributed by atoms with Crippen LogP contribution in [-0.4, -0.2) is 26.9 Å². The van der Waals surface area contributed by atoms with Crippen LogP contribution < -0.4 is 4.90 Å². The van der Waals surface area contributed by atoms with E-state index in [1.165, 1.54) is 12.1 Å². The summed E-state index contributed by atoms with van der Waals surface area (Å²) in [6, 6.07) is 23.6. The lowest BCUT2D eigenvalue weighted by Gasteiger charge is -2.37. The molecule has 31 heavy (non-hydrogen) atoms. The molecular weight excluding hydrogens is 409 g/mol. The molecule has 152 valence electrons. The van der Waals surface area contributed by atoms with E-state index in [1.807, 2.05) is 35.2 Å². The number of benzene rings is 3. The zero-order valence-electron chi connectivity index (χ0n) is 16.5. The van der Waals surface area contributed by atoms with Gasteiger partial charge in [-0.3, -0.25) is 9.69 Å². The number of aromatic nitrogens is 1. The van der Waals surface area contributed by atoms with Crippen LogP contribution in [0.4, 0.5) is 10.1 Å². The van der Waals surface area contributed by atoms with Crippen molar-refractivity contribution in [3.05, 3.63) is 102 Å². The maximum atomic E-state index is 13.6. The standard InChI is InChI=1S/C25H18FN3OS/c26-16-10-12-17(13-11-16)28-24(30)21-14-19-18-8-4-5-9-20(18)27-22(19)23(29(21)25(28)31)15-6-2-1-3-7-15/h1-13,21,23,27H,14H2/t21-,23-/m1/s1.